The number of rotatable bonds is 9. The van der Waals surface area contributed by atoms with E-state index in [-0.39, 0.29) is 35.8 Å². The molecule has 0 spiro atoms. The SMILES string of the molecule is CCn1c(C)c(C(=O)CN(Cc2ccco2)C(=O)c2cccc([N+](=O)[O-])c2)c(C)c1C(=O)OC. The number of aromatic nitrogens is 1. The first kappa shape index (κ1) is 24.4. The third-order valence-electron chi connectivity index (χ3n) is 5.59. The van der Waals surface area contributed by atoms with Crippen LogP contribution < -0.4 is 0 Å². The zero-order chi connectivity index (χ0) is 25.0. The lowest BCUT2D eigenvalue weighted by atomic mass is 10.0. The lowest BCUT2D eigenvalue weighted by Crippen LogP contribution is -2.35. The van der Waals surface area contributed by atoms with Crippen LogP contribution >= 0.6 is 0 Å². The fraction of sp³-hybridized carbons (Fsp3) is 0.292. The Kier molecular flexibility index (Phi) is 7.30. The lowest BCUT2D eigenvalue weighted by molar-refractivity contribution is -0.384. The molecule has 2 aromatic heterocycles. The predicted molar refractivity (Wildman–Crippen MR) is 122 cm³/mol. The molecule has 3 aromatic rings. The van der Waals surface area contributed by atoms with Gasteiger partial charge in [0.1, 0.15) is 11.5 Å². The molecule has 0 atom stereocenters. The average Bonchev–Trinajstić information content (AvgIpc) is 3.42. The van der Waals surface area contributed by atoms with Crippen molar-refractivity contribution in [3.8, 4) is 0 Å². The normalized spacial score (nSPS) is 10.7. The number of ether oxygens (including phenoxy) is 1. The van der Waals surface area contributed by atoms with E-state index in [9.17, 15) is 24.5 Å². The number of carbonyl (C=O) groups excluding carboxylic acids is 3. The highest BCUT2D eigenvalue weighted by Crippen LogP contribution is 2.25. The van der Waals surface area contributed by atoms with Gasteiger partial charge >= 0.3 is 5.97 Å². The average molecular weight is 467 g/mol. The molecule has 10 nitrogen and oxygen atoms in total. The van der Waals surface area contributed by atoms with Gasteiger partial charge in [0, 0.05) is 35.5 Å². The fourth-order valence-corrected chi connectivity index (χ4v) is 4.04. The van der Waals surface area contributed by atoms with E-state index < -0.39 is 16.8 Å². The van der Waals surface area contributed by atoms with E-state index >= 15 is 0 Å². The monoisotopic (exact) mass is 467 g/mol. The number of nitro benzene ring substituents is 1. The van der Waals surface area contributed by atoms with Gasteiger partial charge in [0.15, 0.2) is 5.78 Å². The quantitative estimate of drug-likeness (QED) is 0.202. The van der Waals surface area contributed by atoms with E-state index in [2.05, 4.69) is 0 Å². The molecule has 0 saturated carbocycles. The van der Waals surface area contributed by atoms with Crippen molar-refractivity contribution < 1.29 is 28.5 Å². The first-order valence-electron chi connectivity index (χ1n) is 10.6. The van der Waals surface area contributed by atoms with Gasteiger partial charge in [-0.15, -0.1) is 0 Å². The summed E-state index contributed by atoms with van der Waals surface area (Å²) < 4.78 is 11.9. The van der Waals surface area contributed by atoms with Crippen LogP contribution in [-0.2, 0) is 17.8 Å². The van der Waals surface area contributed by atoms with Crippen molar-refractivity contribution in [1.82, 2.24) is 9.47 Å². The third-order valence-corrected chi connectivity index (χ3v) is 5.59. The van der Waals surface area contributed by atoms with Gasteiger partial charge in [-0.25, -0.2) is 4.79 Å². The molecule has 0 unspecified atom stereocenters. The van der Waals surface area contributed by atoms with Gasteiger partial charge in [-0.05, 0) is 44.5 Å². The van der Waals surface area contributed by atoms with Gasteiger partial charge in [-0.1, -0.05) is 6.07 Å². The summed E-state index contributed by atoms with van der Waals surface area (Å²) in [6.45, 7) is 5.36. The summed E-state index contributed by atoms with van der Waals surface area (Å²) >= 11 is 0. The zero-order valence-corrected chi connectivity index (χ0v) is 19.4. The lowest BCUT2D eigenvalue weighted by Gasteiger charge is -2.21. The molecule has 178 valence electrons. The van der Waals surface area contributed by atoms with Crippen molar-refractivity contribution in [3.63, 3.8) is 0 Å². The van der Waals surface area contributed by atoms with Crippen LogP contribution in [0.3, 0.4) is 0 Å². The topological polar surface area (TPSA) is 125 Å². The number of benzene rings is 1. The van der Waals surface area contributed by atoms with E-state index in [1.54, 1.807) is 30.5 Å². The van der Waals surface area contributed by atoms with Gasteiger partial charge in [-0.3, -0.25) is 19.7 Å². The number of nitro groups is 1. The number of esters is 1. The molecule has 2 heterocycles. The van der Waals surface area contributed by atoms with Crippen molar-refractivity contribution in [2.45, 2.75) is 33.9 Å². The van der Waals surface area contributed by atoms with Gasteiger partial charge in [-0.2, -0.15) is 0 Å². The van der Waals surface area contributed by atoms with Gasteiger partial charge in [0.05, 0.1) is 31.4 Å². The van der Waals surface area contributed by atoms with E-state index in [1.165, 1.54) is 42.5 Å². The Balaban J connectivity index is 1.99. The molecule has 0 radical (unpaired) electrons. The Morgan fingerprint density at radius 3 is 2.50 bits per heavy atom. The number of hydrogen-bond acceptors (Lipinski definition) is 7. The molecule has 1 amide bonds. The molecule has 0 N–H and O–H groups in total. The summed E-state index contributed by atoms with van der Waals surface area (Å²) in [6.07, 6.45) is 1.45. The van der Waals surface area contributed by atoms with Crippen LogP contribution in [0.15, 0.2) is 47.1 Å². The summed E-state index contributed by atoms with van der Waals surface area (Å²) in [5, 5.41) is 11.2. The van der Waals surface area contributed by atoms with Crippen molar-refractivity contribution in [2.24, 2.45) is 0 Å². The largest absolute Gasteiger partial charge is 0.467 e. The molecule has 0 aliphatic carbocycles. The second-order valence-electron chi connectivity index (χ2n) is 7.64. The number of non-ortho nitro benzene ring substituents is 1. The number of ketones is 1. The standard InChI is InChI=1S/C24H25N3O7/c1-5-26-16(3)21(15(2)22(26)24(30)33-4)20(28)14-25(13-19-10-7-11-34-19)23(29)17-8-6-9-18(12-17)27(31)32/h6-12H,5,13-14H2,1-4H3. The number of carbonyl (C=O) groups is 3. The summed E-state index contributed by atoms with van der Waals surface area (Å²) in [7, 11) is 1.27. The van der Waals surface area contributed by atoms with Crippen LogP contribution in [0.2, 0.25) is 0 Å². The Bertz CT molecular complexity index is 1240. The number of methoxy groups -OCH3 is 1. The first-order chi connectivity index (χ1) is 16.2. The molecular weight excluding hydrogens is 442 g/mol. The third kappa shape index (κ3) is 4.75. The highest BCUT2D eigenvalue weighted by atomic mass is 16.6. The number of hydrogen-bond donors (Lipinski definition) is 0. The predicted octanol–water partition coefficient (Wildman–Crippen LogP) is 3.94. The minimum absolute atomic E-state index is 0.0172. The minimum Gasteiger partial charge on any atom is -0.467 e. The Morgan fingerprint density at radius 1 is 1.18 bits per heavy atom. The van der Waals surface area contributed by atoms with Crippen LogP contribution in [-0.4, -0.2) is 45.7 Å². The van der Waals surface area contributed by atoms with E-state index in [0.29, 0.717) is 29.1 Å². The molecule has 0 aliphatic heterocycles. The molecule has 10 heteroatoms. The highest BCUT2D eigenvalue weighted by molar-refractivity contribution is 6.06. The molecule has 3 rings (SSSR count). The summed E-state index contributed by atoms with van der Waals surface area (Å²) in [4.78, 5) is 50.9. The smallest absolute Gasteiger partial charge is 0.354 e. The van der Waals surface area contributed by atoms with Crippen LogP contribution in [0, 0.1) is 24.0 Å². The number of amides is 1. The van der Waals surface area contributed by atoms with Crippen LogP contribution in [0.25, 0.3) is 0 Å². The molecular formula is C24H25N3O7. The minimum atomic E-state index is -0.590. The Morgan fingerprint density at radius 2 is 1.91 bits per heavy atom. The second-order valence-corrected chi connectivity index (χ2v) is 7.64. The zero-order valence-electron chi connectivity index (χ0n) is 19.4. The van der Waals surface area contributed by atoms with Gasteiger partial charge < -0.3 is 18.6 Å². The second kappa shape index (κ2) is 10.2. The van der Waals surface area contributed by atoms with E-state index in [4.69, 9.17) is 9.15 Å². The maximum absolute atomic E-state index is 13.4. The summed E-state index contributed by atoms with van der Waals surface area (Å²) in [5.41, 5.74) is 1.52. The Hall–Kier alpha value is -4.21. The molecule has 0 aliphatic rings. The van der Waals surface area contributed by atoms with Crippen LogP contribution in [0.1, 0.15) is 55.1 Å². The molecule has 1 aromatic carbocycles. The van der Waals surface area contributed by atoms with Gasteiger partial charge in [0.2, 0.25) is 0 Å². The van der Waals surface area contributed by atoms with Crippen molar-refractivity contribution in [1.29, 1.82) is 0 Å². The Labute approximate surface area is 195 Å². The first-order valence-corrected chi connectivity index (χ1v) is 10.6. The number of furan rings is 1. The molecule has 0 fully saturated rings. The maximum Gasteiger partial charge on any atom is 0.354 e. The van der Waals surface area contributed by atoms with Gasteiger partial charge in [0.25, 0.3) is 11.6 Å². The van der Waals surface area contributed by atoms with E-state index in [0.717, 1.165) is 0 Å². The maximum atomic E-state index is 13.4. The summed E-state index contributed by atoms with van der Waals surface area (Å²) in [5.74, 6) is -1.05. The molecule has 0 saturated heterocycles. The molecule has 34 heavy (non-hydrogen) atoms. The fourth-order valence-electron chi connectivity index (χ4n) is 4.04. The van der Waals surface area contributed by atoms with Crippen LogP contribution in [0.5, 0.6) is 0 Å². The highest BCUT2D eigenvalue weighted by Gasteiger charge is 2.29. The van der Waals surface area contributed by atoms with Crippen molar-refractivity contribution in [3.05, 3.63) is 86.6 Å². The molecule has 0 bridgehead atoms. The summed E-state index contributed by atoms with van der Waals surface area (Å²) in [6, 6.07) is 8.64. The van der Waals surface area contributed by atoms with Crippen molar-refractivity contribution >= 4 is 23.3 Å². The van der Waals surface area contributed by atoms with Crippen LogP contribution in [0.4, 0.5) is 5.69 Å². The van der Waals surface area contributed by atoms with E-state index in [1.807, 2.05) is 6.92 Å². The number of Topliss-reactive ketones (excluding diaryl/α,β-unsaturated/α-hetero) is 1. The van der Waals surface area contributed by atoms with Crippen molar-refractivity contribution in [2.75, 3.05) is 13.7 Å². The number of nitrogens with zero attached hydrogens (tertiary/aromatic N) is 3.